The molecule has 0 atom stereocenters. The molecule has 1 rings (SSSR count). The van der Waals surface area contributed by atoms with Gasteiger partial charge in [-0.25, -0.2) is 0 Å². The van der Waals surface area contributed by atoms with Gasteiger partial charge in [0.05, 0.1) is 5.69 Å². The average molecular weight is 329 g/mol. The van der Waals surface area contributed by atoms with Crippen LogP contribution in [0.4, 0.5) is 5.69 Å². The highest BCUT2D eigenvalue weighted by molar-refractivity contribution is 5.56. The molecule has 2 heteroatoms. The summed E-state index contributed by atoms with van der Waals surface area (Å²) in [4.78, 5) is 0. The number of hydrogen-bond donors (Lipinski definition) is 0. The van der Waals surface area contributed by atoms with Crippen LogP contribution in [0.5, 0.6) is 0 Å². The minimum atomic E-state index is 0.586. The van der Waals surface area contributed by atoms with Crippen molar-refractivity contribution in [1.82, 2.24) is 0 Å². The van der Waals surface area contributed by atoms with Gasteiger partial charge in [0.25, 0.3) is 0 Å². The molecular weight excluding hydrogens is 292 g/mol. The van der Waals surface area contributed by atoms with Crippen molar-refractivity contribution in [2.45, 2.75) is 90.9 Å². The van der Waals surface area contributed by atoms with Crippen LogP contribution in [0.3, 0.4) is 0 Å². The second kappa shape index (κ2) is 12.0. The Morgan fingerprint density at radius 2 is 1.25 bits per heavy atom. The van der Waals surface area contributed by atoms with Gasteiger partial charge in [0, 0.05) is 6.20 Å². The number of nitrogens with zero attached hydrogens (tertiary/aromatic N) is 2. The fourth-order valence-corrected chi connectivity index (χ4v) is 3.76. The highest BCUT2D eigenvalue weighted by Crippen LogP contribution is 2.41. The zero-order valence-corrected chi connectivity index (χ0v) is 16.2. The number of azo groups is 1. The van der Waals surface area contributed by atoms with Gasteiger partial charge >= 0.3 is 0 Å². The third-order valence-corrected chi connectivity index (χ3v) is 4.77. The number of benzene rings is 1. The van der Waals surface area contributed by atoms with E-state index in [1.807, 2.05) is 0 Å². The van der Waals surface area contributed by atoms with Gasteiger partial charge in [-0.05, 0) is 48.6 Å². The van der Waals surface area contributed by atoms with E-state index in [4.69, 9.17) is 0 Å². The van der Waals surface area contributed by atoms with Gasteiger partial charge in [0.1, 0.15) is 0 Å². The maximum Gasteiger partial charge on any atom is 0.0926 e. The second-order valence-corrected chi connectivity index (χ2v) is 6.73. The molecule has 0 unspecified atom stereocenters. The van der Waals surface area contributed by atoms with Crippen molar-refractivity contribution in [3.05, 3.63) is 42.1 Å². The highest BCUT2D eigenvalue weighted by atomic mass is 15.1. The van der Waals surface area contributed by atoms with Crippen molar-refractivity contribution in [3.8, 4) is 0 Å². The predicted molar refractivity (Wildman–Crippen MR) is 106 cm³/mol. The predicted octanol–water partition coefficient (Wildman–Crippen LogP) is 8.28. The molecule has 2 nitrogen and oxygen atoms in total. The van der Waals surface area contributed by atoms with Crippen molar-refractivity contribution in [3.63, 3.8) is 0 Å². The SMILES string of the molecule is C=CN=Nc1c(C(CCC)CCC)cccc1C(CCC)CCC. The van der Waals surface area contributed by atoms with Crippen LogP contribution in [0.1, 0.15) is 102 Å². The van der Waals surface area contributed by atoms with Gasteiger partial charge in [-0.3, -0.25) is 0 Å². The molecule has 24 heavy (non-hydrogen) atoms. The first-order chi connectivity index (χ1) is 11.7. The first-order valence-corrected chi connectivity index (χ1v) is 9.87. The Bertz CT molecular complexity index is 458. The molecule has 0 spiro atoms. The molecule has 0 bridgehead atoms. The molecule has 0 aliphatic carbocycles. The minimum Gasteiger partial charge on any atom is -0.159 e. The van der Waals surface area contributed by atoms with Gasteiger partial charge in [0.15, 0.2) is 0 Å². The maximum atomic E-state index is 4.60. The van der Waals surface area contributed by atoms with Crippen molar-refractivity contribution in [2.24, 2.45) is 10.2 Å². The summed E-state index contributed by atoms with van der Waals surface area (Å²) in [5.74, 6) is 1.17. The molecule has 0 radical (unpaired) electrons. The molecular formula is C22H36N2. The Balaban J connectivity index is 3.39. The molecule has 0 aliphatic heterocycles. The molecule has 0 fully saturated rings. The zero-order valence-electron chi connectivity index (χ0n) is 16.2. The lowest BCUT2D eigenvalue weighted by atomic mass is 9.83. The molecule has 0 aromatic heterocycles. The van der Waals surface area contributed by atoms with Crippen LogP contribution in [0.15, 0.2) is 41.2 Å². The molecule has 0 amide bonds. The second-order valence-electron chi connectivity index (χ2n) is 6.73. The summed E-state index contributed by atoms with van der Waals surface area (Å²) in [5.41, 5.74) is 3.90. The summed E-state index contributed by atoms with van der Waals surface area (Å²) >= 11 is 0. The number of rotatable bonds is 12. The van der Waals surface area contributed by atoms with Crippen LogP contribution >= 0.6 is 0 Å². The first-order valence-electron chi connectivity index (χ1n) is 9.87. The Morgan fingerprint density at radius 1 is 0.833 bits per heavy atom. The van der Waals surface area contributed by atoms with Crippen LogP contribution < -0.4 is 0 Å². The third kappa shape index (κ3) is 5.89. The van der Waals surface area contributed by atoms with E-state index in [-0.39, 0.29) is 0 Å². The topological polar surface area (TPSA) is 24.7 Å². The lowest BCUT2D eigenvalue weighted by Crippen LogP contribution is -2.04. The molecule has 0 saturated carbocycles. The van der Waals surface area contributed by atoms with E-state index in [0.29, 0.717) is 11.8 Å². The van der Waals surface area contributed by atoms with Crippen molar-refractivity contribution in [2.75, 3.05) is 0 Å². The summed E-state index contributed by atoms with van der Waals surface area (Å²) < 4.78 is 0. The van der Waals surface area contributed by atoms with E-state index in [2.05, 4.69) is 62.7 Å². The summed E-state index contributed by atoms with van der Waals surface area (Å²) in [5, 5.41) is 8.76. The van der Waals surface area contributed by atoms with Crippen LogP contribution in [0.2, 0.25) is 0 Å². The van der Waals surface area contributed by atoms with Gasteiger partial charge in [0.2, 0.25) is 0 Å². The minimum absolute atomic E-state index is 0.586. The van der Waals surface area contributed by atoms with Crippen LogP contribution in [-0.2, 0) is 0 Å². The first kappa shape index (κ1) is 20.6. The highest BCUT2D eigenvalue weighted by Gasteiger charge is 2.21. The van der Waals surface area contributed by atoms with E-state index in [1.54, 1.807) is 6.20 Å². The van der Waals surface area contributed by atoms with Crippen molar-refractivity contribution >= 4 is 5.69 Å². The average Bonchev–Trinajstić information content (AvgIpc) is 2.59. The van der Waals surface area contributed by atoms with E-state index in [9.17, 15) is 0 Å². The Morgan fingerprint density at radius 3 is 1.58 bits per heavy atom. The smallest absolute Gasteiger partial charge is 0.0926 e. The summed E-state index contributed by atoms with van der Waals surface area (Å²) in [6, 6.07) is 6.77. The Labute approximate surface area is 149 Å². The molecule has 1 aromatic carbocycles. The number of hydrogen-bond acceptors (Lipinski definition) is 2. The normalized spacial score (nSPS) is 11.8. The van der Waals surface area contributed by atoms with Gasteiger partial charge in [-0.2, -0.15) is 10.2 Å². The zero-order chi connectivity index (χ0) is 17.8. The van der Waals surface area contributed by atoms with Crippen LogP contribution in [0, 0.1) is 0 Å². The van der Waals surface area contributed by atoms with E-state index in [1.165, 1.54) is 62.5 Å². The largest absolute Gasteiger partial charge is 0.159 e. The van der Waals surface area contributed by atoms with Crippen molar-refractivity contribution < 1.29 is 0 Å². The summed E-state index contributed by atoms with van der Waals surface area (Å²) in [7, 11) is 0. The molecule has 0 saturated heterocycles. The molecule has 1 aromatic rings. The maximum absolute atomic E-state index is 4.60. The van der Waals surface area contributed by atoms with Crippen molar-refractivity contribution in [1.29, 1.82) is 0 Å². The van der Waals surface area contributed by atoms with Gasteiger partial charge in [-0.15, -0.1) is 0 Å². The summed E-state index contributed by atoms with van der Waals surface area (Å²) in [6.07, 6.45) is 11.3. The molecule has 0 aliphatic rings. The molecule has 134 valence electrons. The Kier molecular flexibility index (Phi) is 10.3. The molecule has 0 heterocycles. The standard InChI is InChI=1S/C22H36N2/c1-6-12-18(13-7-2)20-16-11-17-21(22(20)24-23-10-5)19(14-8-3)15-9-4/h10-11,16-19H,5-9,12-15H2,1-4H3. The van der Waals surface area contributed by atoms with Crippen LogP contribution in [-0.4, -0.2) is 0 Å². The molecule has 0 N–H and O–H groups in total. The summed E-state index contributed by atoms with van der Waals surface area (Å²) in [6.45, 7) is 12.8. The quantitative estimate of drug-likeness (QED) is 0.345. The van der Waals surface area contributed by atoms with E-state index >= 15 is 0 Å². The van der Waals surface area contributed by atoms with E-state index < -0.39 is 0 Å². The van der Waals surface area contributed by atoms with Gasteiger partial charge < -0.3 is 0 Å². The lowest BCUT2D eigenvalue weighted by molar-refractivity contribution is 0.548. The Hall–Kier alpha value is -1.44. The van der Waals surface area contributed by atoms with Crippen LogP contribution in [0.25, 0.3) is 0 Å². The lowest BCUT2D eigenvalue weighted by Gasteiger charge is -2.23. The third-order valence-electron chi connectivity index (χ3n) is 4.77. The van der Waals surface area contributed by atoms with E-state index in [0.717, 1.165) is 5.69 Å². The monoisotopic (exact) mass is 328 g/mol. The fourth-order valence-electron chi connectivity index (χ4n) is 3.76. The van der Waals surface area contributed by atoms with Gasteiger partial charge in [-0.1, -0.05) is 78.2 Å². The fraction of sp³-hybridized carbons (Fsp3) is 0.636.